The van der Waals surface area contributed by atoms with Gasteiger partial charge in [0.15, 0.2) is 0 Å². The van der Waals surface area contributed by atoms with Crippen LogP contribution in [-0.2, 0) is 18.9 Å². The molecule has 0 aliphatic carbocycles. The second kappa shape index (κ2) is 9.69. The monoisotopic (exact) mass is 566 g/mol. The van der Waals surface area contributed by atoms with Crippen LogP contribution in [0.5, 0.6) is 0 Å². The van der Waals surface area contributed by atoms with Gasteiger partial charge in [-0.15, -0.1) is 0 Å². The summed E-state index contributed by atoms with van der Waals surface area (Å²) in [6.45, 7) is -1.00. The van der Waals surface area contributed by atoms with Crippen LogP contribution in [0.2, 0.25) is 5.15 Å². The van der Waals surface area contributed by atoms with Gasteiger partial charge in [-0.25, -0.2) is 4.98 Å². The number of aliphatic hydroxyl groups is 1. The maximum atomic E-state index is 13.1. The van der Waals surface area contributed by atoms with Crippen LogP contribution in [0.1, 0.15) is 33.5 Å². The molecule has 30 heavy (non-hydrogen) atoms. The van der Waals surface area contributed by atoms with Crippen molar-refractivity contribution in [2.24, 2.45) is 0 Å². The lowest BCUT2D eigenvalue weighted by Gasteiger charge is -2.24. The Hall–Kier alpha value is -1.60. The van der Waals surface area contributed by atoms with Crippen LogP contribution < -0.4 is 0 Å². The minimum atomic E-state index is -5.00. The molecule has 1 heterocycles. The van der Waals surface area contributed by atoms with Gasteiger partial charge in [0.05, 0.1) is 16.7 Å². The van der Waals surface area contributed by atoms with Crippen LogP contribution in [0.15, 0.2) is 30.5 Å². The second-order valence-corrected chi connectivity index (χ2v) is 7.70. The number of pyridine rings is 1. The molecule has 0 spiro atoms. The normalized spacial score (nSPS) is 12.2. The van der Waals surface area contributed by atoms with Gasteiger partial charge in [0.25, 0.3) is 5.91 Å². The molecule has 0 bridgehead atoms. The zero-order valence-electron chi connectivity index (χ0n) is 15.0. The van der Waals surface area contributed by atoms with E-state index in [4.69, 9.17) is 16.7 Å². The van der Waals surface area contributed by atoms with Crippen molar-refractivity contribution in [3.05, 3.63) is 61.4 Å². The topological polar surface area (TPSA) is 53.4 Å². The molecule has 0 radical (unpaired) electrons. The van der Waals surface area contributed by atoms with Gasteiger partial charge in [-0.1, -0.05) is 11.6 Å². The molecule has 2 aromatic rings. The van der Waals surface area contributed by atoms with Gasteiger partial charge in [-0.05, 0) is 58.8 Å². The zero-order chi connectivity index (χ0) is 22.7. The number of nitrogens with zero attached hydrogens (tertiary/aromatic N) is 2. The molecule has 0 saturated heterocycles. The minimum absolute atomic E-state index is 0.0182. The Morgan fingerprint density at radius 3 is 2.13 bits per heavy atom. The van der Waals surface area contributed by atoms with E-state index in [1.165, 1.54) is 12.3 Å². The summed E-state index contributed by atoms with van der Waals surface area (Å²) in [7, 11) is 0. The maximum absolute atomic E-state index is 13.1. The molecule has 0 saturated carbocycles. The molecule has 2 rings (SSSR count). The Kier molecular flexibility index (Phi) is 7.97. The van der Waals surface area contributed by atoms with E-state index in [1.807, 2.05) is 22.6 Å². The third-order valence-corrected chi connectivity index (χ3v) is 5.15. The van der Waals surface area contributed by atoms with Crippen LogP contribution in [0.4, 0.5) is 26.3 Å². The summed E-state index contributed by atoms with van der Waals surface area (Å²) >= 11 is 7.78. The Morgan fingerprint density at radius 1 is 1.10 bits per heavy atom. The number of rotatable bonds is 6. The highest BCUT2D eigenvalue weighted by molar-refractivity contribution is 14.1. The quantitative estimate of drug-likeness (QED) is 0.289. The van der Waals surface area contributed by atoms with Gasteiger partial charge >= 0.3 is 12.4 Å². The smallest absolute Gasteiger partial charge is 0.396 e. The Labute approximate surface area is 186 Å². The van der Waals surface area contributed by atoms with E-state index in [2.05, 4.69) is 4.98 Å². The number of carbonyl (C=O) groups excluding carboxylic acids is 1. The number of halogens is 8. The number of carbonyl (C=O) groups is 1. The average molecular weight is 567 g/mol. The molecule has 0 aliphatic rings. The highest BCUT2D eigenvalue weighted by Crippen LogP contribution is 2.36. The molecule has 12 heteroatoms. The van der Waals surface area contributed by atoms with E-state index in [9.17, 15) is 31.1 Å². The van der Waals surface area contributed by atoms with Crippen molar-refractivity contribution in [1.82, 2.24) is 9.88 Å². The molecule has 1 aromatic carbocycles. The van der Waals surface area contributed by atoms with E-state index < -0.39 is 35.9 Å². The third kappa shape index (κ3) is 6.20. The lowest BCUT2D eigenvalue weighted by atomic mass is 10.0. The predicted octanol–water partition coefficient (Wildman–Crippen LogP) is 5.40. The Bertz CT molecular complexity index is 868. The van der Waals surface area contributed by atoms with Crippen LogP contribution in [0.25, 0.3) is 0 Å². The number of aliphatic hydroxyl groups excluding tert-OH is 1. The fourth-order valence-corrected chi connectivity index (χ4v) is 3.65. The molecule has 1 aromatic heterocycles. The molecule has 0 unspecified atom stereocenters. The first-order chi connectivity index (χ1) is 13.8. The van der Waals surface area contributed by atoms with Crippen molar-refractivity contribution < 1.29 is 36.2 Å². The van der Waals surface area contributed by atoms with Crippen LogP contribution in [0, 0.1) is 3.57 Å². The number of amides is 1. The Morgan fingerprint density at radius 2 is 1.67 bits per heavy atom. The van der Waals surface area contributed by atoms with Gasteiger partial charge in [-0.2, -0.15) is 26.3 Å². The first-order valence-electron chi connectivity index (χ1n) is 8.33. The predicted molar refractivity (Wildman–Crippen MR) is 105 cm³/mol. The van der Waals surface area contributed by atoms with Gasteiger partial charge in [-0.3, -0.25) is 4.79 Å². The summed E-state index contributed by atoms with van der Waals surface area (Å²) in [5, 5.41) is 8.92. The SMILES string of the molecule is O=C(c1c(I)ccnc1Cl)N(CCCO)Cc1cc(C(F)(F)F)cc(C(F)(F)F)c1. The number of aromatic nitrogens is 1. The van der Waals surface area contributed by atoms with E-state index >= 15 is 0 Å². The van der Waals surface area contributed by atoms with Crippen LogP contribution >= 0.6 is 34.2 Å². The van der Waals surface area contributed by atoms with Crippen molar-refractivity contribution in [1.29, 1.82) is 0 Å². The van der Waals surface area contributed by atoms with E-state index in [-0.39, 0.29) is 41.9 Å². The molecule has 0 atom stereocenters. The van der Waals surface area contributed by atoms with Crippen molar-refractivity contribution in [2.45, 2.75) is 25.3 Å². The molecule has 1 amide bonds. The van der Waals surface area contributed by atoms with Crippen molar-refractivity contribution >= 4 is 40.1 Å². The average Bonchev–Trinajstić information content (AvgIpc) is 2.63. The van der Waals surface area contributed by atoms with E-state index in [0.29, 0.717) is 15.7 Å². The number of alkyl halides is 6. The van der Waals surface area contributed by atoms with Gasteiger partial charge in [0.2, 0.25) is 0 Å². The number of hydrogen-bond acceptors (Lipinski definition) is 3. The number of hydrogen-bond donors (Lipinski definition) is 1. The molecule has 4 nitrogen and oxygen atoms in total. The molecule has 0 aliphatic heterocycles. The summed E-state index contributed by atoms with van der Waals surface area (Å²) in [6, 6.07) is 2.62. The highest BCUT2D eigenvalue weighted by atomic mass is 127. The maximum Gasteiger partial charge on any atom is 0.416 e. The fourth-order valence-electron chi connectivity index (χ4n) is 2.61. The van der Waals surface area contributed by atoms with Crippen molar-refractivity contribution in [3.8, 4) is 0 Å². The molecule has 164 valence electrons. The molecule has 0 fully saturated rings. The number of benzene rings is 1. The standard InChI is InChI=1S/C18H14ClF6IN2O2/c19-15-14(13(26)2-3-27-15)16(30)28(4-1-5-29)9-10-6-11(17(20,21)22)8-12(7-10)18(23,24)25/h2-3,6-8,29H,1,4-5,9H2. The first-order valence-corrected chi connectivity index (χ1v) is 9.78. The van der Waals surface area contributed by atoms with Gasteiger partial charge in [0.1, 0.15) is 5.15 Å². The lowest BCUT2D eigenvalue weighted by molar-refractivity contribution is -0.143. The van der Waals surface area contributed by atoms with Crippen molar-refractivity contribution in [2.75, 3.05) is 13.2 Å². The van der Waals surface area contributed by atoms with Crippen LogP contribution in [-0.4, -0.2) is 34.0 Å². The minimum Gasteiger partial charge on any atom is -0.396 e. The fraction of sp³-hybridized carbons (Fsp3) is 0.333. The third-order valence-electron chi connectivity index (χ3n) is 3.96. The van der Waals surface area contributed by atoms with E-state index in [0.717, 1.165) is 4.90 Å². The summed E-state index contributed by atoms with van der Waals surface area (Å²) in [5.74, 6) is -0.725. The summed E-state index contributed by atoms with van der Waals surface area (Å²) < 4.78 is 79.0. The molecular weight excluding hydrogens is 553 g/mol. The highest BCUT2D eigenvalue weighted by Gasteiger charge is 2.37. The first kappa shape index (κ1) is 24.7. The van der Waals surface area contributed by atoms with Crippen LogP contribution in [0.3, 0.4) is 0 Å². The summed E-state index contributed by atoms with van der Waals surface area (Å²) in [4.78, 5) is 17.7. The summed E-state index contributed by atoms with van der Waals surface area (Å²) in [5.41, 5.74) is -3.34. The lowest BCUT2D eigenvalue weighted by Crippen LogP contribution is -2.33. The van der Waals surface area contributed by atoms with E-state index in [1.54, 1.807) is 0 Å². The van der Waals surface area contributed by atoms with Gasteiger partial charge < -0.3 is 10.0 Å². The molecule has 1 N–H and O–H groups in total. The largest absolute Gasteiger partial charge is 0.416 e. The Balaban J connectivity index is 2.49. The van der Waals surface area contributed by atoms with Crippen molar-refractivity contribution in [3.63, 3.8) is 0 Å². The summed E-state index contributed by atoms with van der Waals surface area (Å²) in [6.07, 6.45) is -8.59. The van der Waals surface area contributed by atoms with Gasteiger partial charge in [0, 0.05) is 29.5 Å². The second-order valence-electron chi connectivity index (χ2n) is 6.18. The molecular formula is C18H14ClF6IN2O2. The zero-order valence-corrected chi connectivity index (χ0v) is 17.9.